The summed E-state index contributed by atoms with van der Waals surface area (Å²) in [4.78, 5) is 47.6. The molecule has 4 rings (SSSR count). The lowest BCUT2D eigenvalue weighted by Gasteiger charge is -2.05. The van der Waals surface area contributed by atoms with E-state index in [1.54, 1.807) is 18.2 Å². The fraction of sp³-hybridized carbons (Fsp3) is 0.250. The number of carbonyl (C=O) groups excluding carboxylic acids is 1. The number of H-pyrrole nitrogens is 3. The number of aromatic amines is 3. The summed E-state index contributed by atoms with van der Waals surface area (Å²) in [6.45, 7) is 0.242. The van der Waals surface area contributed by atoms with Crippen LogP contribution >= 0.6 is 0 Å². The summed E-state index contributed by atoms with van der Waals surface area (Å²) in [5, 5.41) is 2.69. The average Bonchev–Trinajstić information content (AvgIpc) is 3.34. The number of rotatable bonds is 4. The Morgan fingerprint density at radius 3 is 2.71 bits per heavy atom. The molecule has 1 aliphatic rings. The van der Waals surface area contributed by atoms with Gasteiger partial charge < -0.3 is 20.3 Å². The highest BCUT2D eigenvalue weighted by atomic mass is 16.2. The molecule has 0 radical (unpaired) electrons. The minimum Gasteiger partial charge on any atom is -0.348 e. The third-order valence-electron chi connectivity index (χ3n) is 4.06. The highest BCUT2D eigenvalue weighted by molar-refractivity contribution is 5.93. The first-order valence-corrected chi connectivity index (χ1v) is 7.68. The molecule has 8 heteroatoms. The largest absolute Gasteiger partial charge is 0.348 e. The van der Waals surface area contributed by atoms with Crippen LogP contribution in [0.3, 0.4) is 0 Å². The van der Waals surface area contributed by atoms with Crippen LogP contribution in [0.5, 0.6) is 0 Å². The molecule has 24 heavy (non-hydrogen) atoms. The first-order valence-electron chi connectivity index (χ1n) is 7.68. The van der Waals surface area contributed by atoms with Gasteiger partial charge in [0.1, 0.15) is 11.4 Å². The second-order valence-electron chi connectivity index (χ2n) is 5.93. The van der Waals surface area contributed by atoms with Crippen LogP contribution < -0.4 is 16.6 Å². The molecule has 3 aromatic rings. The molecule has 2 aromatic heterocycles. The van der Waals surface area contributed by atoms with Crippen molar-refractivity contribution < 1.29 is 4.79 Å². The standard InChI is InChI=1S/C16H15N5O3/c22-14(10-7-17-13(9-2-3-9)21-15(10)23)18-6-8-1-4-11-12(5-8)20-16(24)19-11/h1,4-5,7,9H,2-3,6H2,(H,18,22)(H,17,21,23)(H2,19,20,24). The van der Waals surface area contributed by atoms with Crippen LogP contribution in [0.2, 0.25) is 0 Å². The molecule has 1 aliphatic carbocycles. The molecular formula is C16H15N5O3. The van der Waals surface area contributed by atoms with Crippen LogP contribution in [-0.4, -0.2) is 25.8 Å². The predicted molar refractivity (Wildman–Crippen MR) is 86.9 cm³/mol. The number of imidazole rings is 1. The Labute approximate surface area is 135 Å². The average molecular weight is 325 g/mol. The molecule has 4 N–H and O–H groups in total. The molecule has 8 nitrogen and oxygen atoms in total. The van der Waals surface area contributed by atoms with Crippen LogP contribution in [0.4, 0.5) is 0 Å². The lowest BCUT2D eigenvalue weighted by molar-refractivity contribution is 0.0949. The highest BCUT2D eigenvalue weighted by Gasteiger charge is 2.26. The van der Waals surface area contributed by atoms with Crippen molar-refractivity contribution in [2.75, 3.05) is 0 Å². The summed E-state index contributed by atoms with van der Waals surface area (Å²) in [7, 11) is 0. The van der Waals surface area contributed by atoms with Gasteiger partial charge in [0.15, 0.2) is 0 Å². The first-order chi connectivity index (χ1) is 11.6. The summed E-state index contributed by atoms with van der Waals surface area (Å²) in [5.74, 6) is 0.497. The third-order valence-corrected chi connectivity index (χ3v) is 4.06. The van der Waals surface area contributed by atoms with E-state index in [4.69, 9.17) is 0 Å². The van der Waals surface area contributed by atoms with Gasteiger partial charge in [-0.15, -0.1) is 0 Å². The number of benzene rings is 1. The molecule has 1 saturated carbocycles. The number of fused-ring (bicyclic) bond motifs is 1. The van der Waals surface area contributed by atoms with E-state index in [1.807, 2.05) is 0 Å². The minimum absolute atomic E-state index is 0.00414. The number of nitrogens with zero attached hydrogens (tertiary/aromatic N) is 1. The Balaban J connectivity index is 1.49. The maximum atomic E-state index is 12.2. The molecule has 1 aromatic carbocycles. The Bertz CT molecular complexity index is 1040. The number of nitrogens with one attached hydrogen (secondary N) is 4. The molecule has 0 spiro atoms. The van der Waals surface area contributed by atoms with E-state index in [0.29, 0.717) is 22.8 Å². The second kappa shape index (κ2) is 5.48. The second-order valence-corrected chi connectivity index (χ2v) is 5.93. The zero-order valence-electron chi connectivity index (χ0n) is 12.7. The fourth-order valence-corrected chi connectivity index (χ4v) is 2.60. The van der Waals surface area contributed by atoms with Gasteiger partial charge >= 0.3 is 5.69 Å². The van der Waals surface area contributed by atoms with Crippen LogP contribution in [0.25, 0.3) is 11.0 Å². The minimum atomic E-state index is -0.478. The first kappa shape index (κ1) is 14.4. The fourth-order valence-electron chi connectivity index (χ4n) is 2.60. The topological polar surface area (TPSA) is 124 Å². The van der Waals surface area contributed by atoms with Crippen molar-refractivity contribution in [2.24, 2.45) is 0 Å². The van der Waals surface area contributed by atoms with Crippen molar-refractivity contribution in [1.82, 2.24) is 25.3 Å². The van der Waals surface area contributed by atoms with Gasteiger partial charge in [-0.1, -0.05) is 6.07 Å². The molecule has 0 atom stereocenters. The van der Waals surface area contributed by atoms with E-state index in [1.165, 1.54) is 6.20 Å². The zero-order valence-corrected chi connectivity index (χ0v) is 12.7. The Morgan fingerprint density at radius 2 is 1.96 bits per heavy atom. The van der Waals surface area contributed by atoms with E-state index >= 15 is 0 Å². The molecule has 2 heterocycles. The third kappa shape index (κ3) is 2.73. The van der Waals surface area contributed by atoms with E-state index in [-0.39, 0.29) is 17.8 Å². The van der Waals surface area contributed by atoms with Gasteiger partial charge in [-0.2, -0.15) is 0 Å². The molecule has 0 bridgehead atoms. The Morgan fingerprint density at radius 1 is 1.17 bits per heavy atom. The smallest absolute Gasteiger partial charge is 0.323 e. The van der Waals surface area contributed by atoms with Crippen molar-refractivity contribution in [3.8, 4) is 0 Å². The van der Waals surface area contributed by atoms with Gasteiger partial charge in [0.25, 0.3) is 11.5 Å². The van der Waals surface area contributed by atoms with Crippen LogP contribution in [0.15, 0.2) is 34.0 Å². The number of hydrogen-bond donors (Lipinski definition) is 4. The van der Waals surface area contributed by atoms with Crippen LogP contribution in [0.1, 0.15) is 40.5 Å². The van der Waals surface area contributed by atoms with Crippen molar-refractivity contribution in [3.05, 3.63) is 62.2 Å². The highest BCUT2D eigenvalue weighted by Crippen LogP contribution is 2.37. The Hall–Kier alpha value is -3.16. The van der Waals surface area contributed by atoms with Crippen molar-refractivity contribution in [2.45, 2.75) is 25.3 Å². The Kier molecular flexibility index (Phi) is 3.30. The summed E-state index contributed by atoms with van der Waals surface area (Å²) in [5.41, 5.74) is 1.47. The van der Waals surface area contributed by atoms with Crippen LogP contribution in [-0.2, 0) is 6.54 Å². The van der Waals surface area contributed by atoms with E-state index in [0.717, 1.165) is 18.4 Å². The molecule has 1 fully saturated rings. The molecule has 0 saturated heterocycles. The zero-order chi connectivity index (χ0) is 16.7. The molecular weight excluding hydrogens is 310 g/mol. The lowest BCUT2D eigenvalue weighted by atomic mass is 10.2. The summed E-state index contributed by atoms with van der Waals surface area (Å²) in [6, 6.07) is 5.32. The number of hydrogen-bond acceptors (Lipinski definition) is 4. The van der Waals surface area contributed by atoms with Gasteiger partial charge in [-0.05, 0) is 30.5 Å². The van der Waals surface area contributed by atoms with Crippen molar-refractivity contribution in [1.29, 1.82) is 0 Å². The molecule has 0 aliphatic heterocycles. The SMILES string of the molecule is O=C(NCc1ccc2[nH]c(=O)[nH]c2c1)c1cnc(C2CC2)[nH]c1=O. The lowest BCUT2D eigenvalue weighted by Crippen LogP contribution is -2.30. The van der Waals surface area contributed by atoms with E-state index in [9.17, 15) is 14.4 Å². The van der Waals surface area contributed by atoms with Gasteiger partial charge in [-0.3, -0.25) is 9.59 Å². The maximum absolute atomic E-state index is 12.2. The summed E-state index contributed by atoms with van der Waals surface area (Å²) in [6.07, 6.45) is 3.38. The van der Waals surface area contributed by atoms with Gasteiger partial charge in [0, 0.05) is 18.7 Å². The quantitative estimate of drug-likeness (QED) is 0.565. The van der Waals surface area contributed by atoms with Crippen molar-refractivity contribution >= 4 is 16.9 Å². The summed E-state index contributed by atoms with van der Waals surface area (Å²) < 4.78 is 0. The van der Waals surface area contributed by atoms with Crippen molar-refractivity contribution in [3.63, 3.8) is 0 Å². The van der Waals surface area contributed by atoms with Gasteiger partial charge in [0.05, 0.1) is 11.0 Å². The monoisotopic (exact) mass is 325 g/mol. The molecule has 0 unspecified atom stereocenters. The maximum Gasteiger partial charge on any atom is 0.323 e. The van der Waals surface area contributed by atoms with Gasteiger partial charge in [0.2, 0.25) is 0 Å². The number of aromatic nitrogens is 4. The number of amides is 1. The molecule has 122 valence electrons. The van der Waals surface area contributed by atoms with E-state index in [2.05, 4.69) is 25.3 Å². The molecule has 1 amide bonds. The predicted octanol–water partition coefficient (Wildman–Crippen LogP) is 0.747. The normalized spacial score (nSPS) is 14.0. The summed E-state index contributed by atoms with van der Waals surface area (Å²) >= 11 is 0. The van der Waals surface area contributed by atoms with Gasteiger partial charge in [-0.25, -0.2) is 9.78 Å². The van der Waals surface area contributed by atoms with Crippen LogP contribution in [0, 0.1) is 0 Å². The van der Waals surface area contributed by atoms with E-state index < -0.39 is 11.5 Å². The number of carbonyl (C=O) groups is 1.